The molecule has 1 N–H and O–H groups in total. The fraction of sp³-hybridized carbons (Fsp3) is 0.632. The molecular weight excluding hydrogens is 288 g/mol. The third kappa shape index (κ3) is 6.22. The molecule has 1 aromatic carbocycles. The summed E-state index contributed by atoms with van der Waals surface area (Å²) in [6.07, 6.45) is 3.13. The summed E-state index contributed by atoms with van der Waals surface area (Å²) in [6, 6.07) is 7.78. The van der Waals surface area contributed by atoms with E-state index in [9.17, 15) is 4.79 Å². The molecule has 1 heterocycles. The molecule has 1 aliphatic heterocycles. The van der Waals surface area contributed by atoms with Crippen molar-refractivity contribution < 1.29 is 9.53 Å². The van der Waals surface area contributed by atoms with E-state index in [-0.39, 0.29) is 5.91 Å². The normalized spacial score (nSPS) is 17.7. The zero-order valence-corrected chi connectivity index (χ0v) is 14.7. The summed E-state index contributed by atoms with van der Waals surface area (Å²) < 4.78 is 5.69. The number of piperidine rings is 1. The third-order valence-electron chi connectivity index (χ3n) is 4.50. The van der Waals surface area contributed by atoms with Crippen molar-refractivity contribution in [1.82, 2.24) is 10.2 Å². The van der Waals surface area contributed by atoms with E-state index in [0.717, 1.165) is 30.2 Å². The van der Waals surface area contributed by atoms with E-state index in [4.69, 9.17) is 4.74 Å². The van der Waals surface area contributed by atoms with Crippen molar-refractivity contribution in [3.8, 4) is 5.75 Å². The van der Waals surface area contributed by atoms with Gasteiger partial charge in [0.15, 0.2) is 6.10 Å². The number of hydrogen-bond donors (Lipinski definition) is 1. The first kappa shape index (κ1) is 17.8. The molecule has 0 radical (unpaired) electrons. The summed E-state index contributed by atoms with van der Waals surface area (Å²) in [5.41, 5.74) is 1.13. The first-order valence-corrected chi connectivity index (χ1v) is 8.78. The molecule has 23 heavy (non-hydrogen) atoms. The average Bonchev–Trinajstić information content (AvgIpc) is 2.53. The first-order valence-electron chi connectivity index (χ1n) is 8.78. The number of hydrogen-bond acceptors (Lipinski definition) is 3. The second-order valence-electron chi connectivity index (χ2n) is 6.75. The Balaban J connectivity index is 1.62. The van der Waals surface area contributed by atoms with Gasteiger partial charge in [0.25, 0.3) is 5.91 Å². The maximum absolute atomic E-state index is 12.1. The second kappa shape index (κ2) is 8.92. The second-order valence-corrected chi connectivity index (χ2v) is 6.75. The molecule has 1 fully saturated rings. The molecule has 0 saturated carbocycles. The van der Waals surface area contributed by atoms with Crippen LogP contribution in [-0.4, -0.2) is 43.1 Å². The summed E-state index contributed by atoms with van der Waals surface area (Å²) in [5.74, 6) is 1.57. The maximum Gasteiger partial charge on any atom is 0.260 e. The average molecular weight is 318 g/mol. The number of ether oxygens (including phenoxy) is 1. The van der Waals surface area contributed by atoms with Crippen LogP contribution in [0.2, 0.25) is 0 Å². The van der Waals surface area contributed by atoms with Crippen molar-refractivity contribution in [2.24, 2.45) is 5.92 Å². The highest BCUT2D eigenvalue weighted by atomic mass is 16.5. The quantitative estimate of drug-likeness (QED) is 0.786. The zero-order chi connectivity index (χ0) is 16.7. The van der Waals surface area contributed by atoms with Gasteiger partial charge in [0, 0.05) is 6.54 Å². The number of rotatable bonds is 7. The Hall–Kier alpha value is -1.55. The Labute approximate surface area is 140 Å². The number of nitrogens with zero attached hydrogens (tertiary/aromatic N) is 1. The van der Waals surface area contributed by atoms with Gasteiger partial charge in [0.2, 0.25) is 0 Å². The van der Waals surface area contributed by atoms with Crippen LogP contribution < -0.4 is 10.1 Å². The predicted octanol–water partition coefficient (Wildman–Crippen LogP) is 3.00. The Morgan fingerprint density at radius 1 is 1.39 bits per heavy atom. The molecule has 1 atom stereocenters. The van der Waals surface area contributed by atoms with Crippen LogP contribution in [0.1, 0.15) is 38.7 Å². The van der Waals surface area contributed by atoms with E-state index in [1.165, 1.54) is 25.9 Å². The molecule has 1 amide bonds. The van der Waals surface area contributed by atoms with Crippen molar-refractivity contribution >= 4 is 5.91 Å². The zero-order valence-electron chi connectivity index (χ0n) is 14.7. The van der Waals surface area contributed by atoms with Crippen molar-refractivity contribution in [2.75, 3.05) is 26.2 Å². The lowest BCUT2D eigenvalue weighted by Gasteiger charge is -2.30. The van der Waals surface area contributed by atoms with Gasteiger partial charge in [-0.1, -0.05) is 19.1 Å². The Morgan fingerprint density at radius 2 is 2.13 bits per heavy atom. The summed E-state index contributed by atoms with van der Waals surface area (Å²) in [4.78, 5) is 14.6. The highest BCUT2D eigenvalue weighted by molar-refractivity contribution is 5.80. The number of amides is 1. The molecule has 0 bridgehead atoms. The van der Waals surface area contributed by atoms with Gasteiger partial charge in [-0.05, 0) is 76.4 Å². The minimum absolute atomic E-state index is 0.0428. The van der Waals surface area contributed by atoms with Crippen LogP contribution in [-0.2, 0) is 4.79 Å². The molecule has 1 unspecified atom stereocenters. The van der Waals surface area contributed by atoms with E-state index < -0.39 is 6.10 Å². The molecule has 1 saturated heterocycles. The number of carbonyl (C=O) groups excluding carboxylic acids is 1. The van der Waals surface area contributed by atoms with Crippen molar-refractivity contribution in [3.05, 3.63) is 29.8 Å². The Bertz CT molecular complexity index is 496. The highest BCUT2D eigenvalue weighted by Crippen LogP contribution is 2.16. The predicted molar refractivity (Wildman–Crippen MR) is 93.7 cm³/mol. The van der Waals surface area contributed by atoms with Gasteiger partial charge in [0.05, 0.1) is 0 Å². The van der Waals surface area contributed by atoms with Crippen LogP contribution in [0.15, 0.2) is 24.3 Å². The van der Waals surface area contributed by atoms with Gasteiger partial charge >= 0.3 is 0 Å². The van der Waals surface area contributed by atoms with Crippen LogP contribution in [0.5, 0.6) is 5.75 Å². The molecule has 1 aliphatic rings. The molecule has 4 nitrogen and oxygen atoms in total. The monoisotopic (exact) mass is 318 g/mol. The van der Waals surface area contributed by atoms with Crippen LogP contribution in [0.3, 0.4) is 0 Å². The molecular formula is C19H30N2O2. The molecule has 0 aliphatic carbocycles. The van der Waals surface area contributed by atoms with E-state index in [1.807, 2.05) is 31.2 Å². The number of benzene rings is 1. The smallest absolute Gasteiger partial charge is 0.260 e. The number of aryl methyl sites for hydroxylation is 1. The number of carbonyl (C=O) groups is 1. The molecule has 0 spiro atoms. The minimum atomic E-state index is -0.465. The fourth-order valence-electron chi connectivity index (χ4n) is 2.89. The lowest BCUT2D eigenvalue weighted by Crippen LogP contribution is -2.39. The Kier molecular flexibility index (Phi) is 6.90. The molecule has 1 aromatic rings. The van der Waals surface area contributed by atoms with Gasteiger partial charge in [-0.25, -0.2) is 0 Å². The maximum atomic E-state index is 12.1. The largest absolute Gasteiger partial charge is 0.481 e. The van der Waals surface area contributed by atoms with Crippen LogP contribution >= 0.6 is 0 Å². The fourth-order valence-corrected chi connectivity index (χ4v) is 2.89. The SMILES string of the molecule is Cc1cccc(OC(C)C(=O)NCCCN2CCC(C)CC2)c1. The molecule has 128 valence electrons. The van der Waals surface area contributed by atoms with Crippen LogP contribution in [0.4, 0.5) is 0 Å². The first-order chi connectivity index (χ1) is 11.0. The van der Waals surface area contributed by atoms with Gasteiger partial charge in [0.1, 0.15) is 5.75 Å². The van der Waals surface area contributed by atoms with Gasteiger partial charge in [-0.2, -0.15) is 0 Å². The van der Waals surface area contributed by atoms with Gasteiger partial charge in [-0.3, -0.25) is 4.79 Å². The molecule has 4 heteroatoms. The molecule has 2 rings (SSSR count). The van der Waals surface area contributed by atoms with E-state index >= 15 is 0 Å². The number of nitrogens with one attached hydrogen (secondary N) is 1. The van der Waals surface area contributed by atoms with Crippen LogP contribution in [0, 0.1) is 12.8 Å². The lowest BCUT2D eigenvalue weighted by molar-refractivity contribution is -0.127. The lowest BCUT2D eigenvalue weighted by atomic mass is 9.99. The third-order valence-corrected chi connectivity index (χ3v) is 4.50. The minimum Gasteiger partial charge on any atom is -0.481 e. The standard InChI is InChI=1S/C19H30N2O2/c1-15-8-12-21(13-9-15)11-5-10-20-19(22)17(3)23-18-7-4-6-16(2)14-18/h4,6-7,14-15,17H,5,8-13H2,1-3H3,(H,20,22). The summed E-state index contributed by atoms with van der Waals surface area (Å²) in [7, 11) is 0. The summed E-state index contributed by atoms with van der Waals surface area (Å²) in [5, 5.41) is 2.98. The van der Waals surface area contributed by atoms with Gasteiger partial charge in [-0.15, -0.1) is 0 Å². The molecule has 0 aromatic heterocycles. The summed E-state index contributed by atoms with van der Waals surface area (Å²) >= 11 is 0. The highest BCUT2D eigenvalue weighted by Gasteiger charge is 2.16. The van der Waals surface area contributed by atoms with Crippen LogP contribution in [0.25, 0.3) is 0 Å². The van der Waals surface area contributed by atoms with Crippen molar-refractivity contribution in [3.63, 3.8) is 0 Å². The number of likely N-dealkylation sites (tertiary alicyclic amines) is 1. The van der Waals surface area contributed by atoms with Crippen molar-refractivity contribution in [1.29, 1.82) is 0 Å². The van der Waals surface area contributed by atoms with E-state index in [2.05, 4.69) is 17.1 Å². The van der Waals surface area contributed by atoms with Crippen molar-refractivity contribution in [2.45, 2.75) is 46.1 Å². The summed E-state index contributed by atoms with van der Waals surface area (Å²) in [6.45, 7) is 10.3. The van der Waals surface area contributed by atoms with Gasteiger partial charge < -0.3 is 15.0 Å². The van der Waals surface area contributed by atoms with E-state index in [0.29, 0.717) is 6.54 Å². The Morgan fingerprint density at radius 3 is 2.83 bits per heavy atom. The van der Waals surface area contributed by atoms with E-state index in [1.54, 1.807) is 6.92 Å². The topological polar surface area (TPSA) is 41.6 Å².